The standard InChI is InChI=1S/C20H20FN7O3S/c1-12-4-6-23-20(27-12)31-16-3-2-14(8-15(16)21)17-18(22)24-11-25-19(17)28-9-13(10-28)5-7-26-32(29)30/h2-8,11,13,32H,9-10H2,1H3,(H2,22,24,25)(H,26,29,30). The first kappa shape index (κ1) is 21.4. The molecule has 0 radical (unpaired) electrons. The van der Waals surface area contributed by atoms with Crippen LogP contribution in [-0.4, -0.2) is 41.4 Å². The van der Waals surface area contributed by atoms with Gasteiger partial charge in [0, 0.05) is 37.1 Å². The molecule has 3 heterocycles. The summed E-state index contributed by atoms with van der Waals surface area (Å²) in [5, 5.41) is 0. The van der Waals surface area contributed by atoms with Crippen LogP contribution in [0.1, 0.15) is 5.69 Å². The summed E-state index contributed by atoms with van der Waals surface area (Å²) in [6.45, 7) is 2.99. The minimum absolute atomic E-state index is 0.0188. The summed E-state index contributed by atoms with van der Waals surface area (Å²) in [4.78, 5) is 18.4. The minimum atomic E-state index is -2.67. The van der Waals surface area contributed by atoms with Gasteiger partial charge in [-0.3, -0.25) is 4.72 Å². The first-order valence-corrected chi connectivity index (χ1v) is 10.8. The first-order chi connectivity index (χ1) is 15.4. The Bertz CT molecular complexity index is 1240. The van der Waals surface area contributed by atoms with Gasteiger partial charge in [-0.15, -0.1) is 0 Å². The molecule has 0 atom stereocenters. The molecule has 10 nitrogen and oxygen atoms in total. The lowest BCUT2D eigenvalue weighted by atomic mass is 9.98. The van der Waals surface area contributed by atoms with Crippen molar-refractivity contribution in [2.75, 3.05) is 23.7 Å². The number of rotatable bonds is 7. The van der Waals surface area contributed by atoms with Gasteiger partial charge >= 0.3 is 6.01 Å². The number of anilines is 2. The Morgan fingerprint density at radius 2 is 2.06 bits per heavy atom. The second-order valence-corrected chi connectivity index (χ2v) is 7.87. The zero-order chi connectivity index (χ0) is 22.7. The lowest BCUT2D eigenvalue weighted by Gasteiger charge is -2.39. The molecule has 0 bridgehead atoms. The van der Waals surface area contributed by atoms with Crippen LogP contribution in [0.3, 0.4) is 0 Å². The molecule has 3 N–H and O–H groups in total. The average molecular weight is 457 g/mol. The molecule has 1 aromatic carbocycles. The Balaban J connectivity index is 1.55. The highest BCUT2D eigenvalue weighted by molar-refractivity contribution is 7.70. The third-order valence-corrected chi connectivity index (χ3v) is 5.17. The Morgan fingerprint density at radius 1 is 1.25 bits per heavy atom. The van der Waals surface area contributed by atoms with Crippen molar-refractivity contribution in [2.24, 2.45) is 5.92 Å². The third-order valence-electron chi connectivity index (χ3n) is 4.81. The van der Waals surface area contributed by atoms with E-state index in [1.165, 1.54) is 30.9 Å². The van der Waals surface area contributed by atoms with Crippen LogP contribution in [0.4, 0.5) is 16.0 Å². The van der Waals surface area contributed by atoms with Gasteiger partial charge in [-0.2, -0.15) is 0 Å². The smallest absolute Gasteiger partial charge is 0.322 e. The summed E-state index contributed by atoms with van der Waals surface area (Å²) < 4.78 is 43.6. The van der Waals surface area contributed by atoms with Crippen LogP contribution < -0.4 is 20.1 Å². The molecular formula is C20H20FN7O3S. The van der Waals surface area contributed by atoms with Gasteiger partial charge in [-0.25, -0.2) is 32.7 Å². The first-order valence-electron chi connectivity index (χ1n) is 9.61. The minimum Gasteiger partial charge on any atom is -0.421 e. The number of ether oxygens (including phenoxy) is 1. The zero-order valence-corrected chi connectivity index (χ0v) is 17.9. The Kier molecular flexibility index (Phi) is 6.12. The van der Waals surface area contributed by atoms with Gasteiger partial charge in [0.15, 0.2) is 11.6 Å². The number of nitrogens with one attached hydrogen (secondary N) is 1. The second kappa shape index (κ2) is 9.14. The fourth-order valence-corrected chi connectivity index (χ4v) is 3.47. The van der Waals surface area contributed by atoms with Crippen molar-refractivity contribution < 1.29 is 17.5 Å². The van der Waals surface area contributed by atoms with Crippen LogP contribution >= 0.6 is 0 Å². The molecule has 1 fully saturated rings. The fourth-order valence-electron chi connectivity index (χ4n) is 3.27. The van der Waals surface area contributed by atoms with Crippen molar-refractivity contribution in [1.29, 1.82) is 0 Å². The monoisotopic (exact) mass is 457 g/mol. The molecule has 1 aliphatic heterocycles. The Labute approximate surface area is 185 Å². The highest BCUT2D eigenvalue weighted by Gasteiger charge is 2.29. The van der Waals surface area contributed by atoms with E-state index < -0.39 is 16.7 Å². The number of halogens is 1. The predicted octanol–water partition coefficient (Wildman–Crippen LogP) is 1.82. The molecular weight excluding hydrogens is 437 g/mol. The largest absolute Gasteiger partial charge is 0.421 e. The van der Waals surface area contributed by atoms with Crippen LogP contribution in [-0.2, 0) is 10.9 Å². The average Bonchev–Trinajstić information content (AvgIpc) is 2.71. The van der Waals surface area contributed by atoms with Gasteiger partial charge in [0.05, 0.1) is 5.56 Å². The number of nitrogens with two attached hydrogens (primary N) is 1. The number of thiol groups is 1. The SMILES string of the molecule is Cc1ccnc(Oc2ccc(-c3c(N)ncnc3N3CC(C=CN[SH](=O)=O)C3)cc2F)n1. The van der Waals surface area contributed by atoms with Gasteiger partial charge in [-0.05, 0) is 30.7 Å². The molecule has 0 spiro atoms. The van der Waals surface area contributed by atoms with Crippen LogP contribution in [0, 0.1) is 18.7 Å². The van der Waals surface area contributed by atoms with Crippen LogP contribution in [0.2, 0.25) is 0 Å². The highest BCUT2D eigenvalue weighted by atomic mass is 32.2. The Hall–Kier alpha value is -3.80. The van der Waals surface area contributed by atoms with Crippen molar-refractivity contribution in [3.63, 3.8) is 0 Å². The quantitative estimate of drug-likeness (QED) is 0.454. The van der Waals surface area contributed by atoms with Crippen molar-refractivity contribution in [3.05, 3.63) is 60.6 Å². The summed E-state index contributed by atoms with van der Waals surface area (Å²) in [7, 11) is -2.67. The zero-order valence-electron chi connectivity index (χ0n) is 17.0. The lowest BCUT2D eigenvalue weighted by Crippen LogP contribution is -2.46. The van der Waals surface area contributed by atoms with Crippen LogP contribution in [0.25, 0.3) is 11.1 Å². The van der Waals surface area contributed by atoms with E-state index in [0.717, 1.165) is 0 Å². The number of nitrogen functional groups attached to an aromatic ring is 1. The number of nitrogens with zero attached hydrogens (tertiary/aromatic N) is 5. The van der Waals surface area contributed by atoms with Crippen molar-refractivity contribution in [3.8, 4) is 22.9 Å². The maximum Gasteiger partial charge on any atom is 0.322 e. The van der Waals surface area contributed by atoms with E-state index in [4.69, 9.17) is 10.5 Å². The van der Waals surface area contributed by atoms with Gasteiger partial charge in [-0.1, -0.05) is 12.1 Å². The summed E-state index contributed by atoms with van der Waals surface area (Å²) in [6.07, 6.45) is 6.05. The number of hydrogen-bond donors (Lipinski definition) is 3. The Morgan fingerprint density at radius 3 is 2.78 bits per heavy atom. The highest BCUT2D eigenvalue weighted by Crippen LogP contribution is 2.38. The van der Waals surface area contributed by atoms with E-state index in [0.29, 0.717) is 35.7 Å². The molecule has 12 heteroatoms. The lowest BCUT2D eigenvalue weighted by molar-refractivity contribution is 0.410. The maximum absolute atomic E-state index is 14.8. The molecule has 2 aromatic heterocycles. The number of aryl methyl sites for hydroxylation is 1. The van der Waals surface area contributed by atoms with Crippen LogP contribution in [0.15, 0.2) is 49.1 Å². The van der Waals surface area contributed by atoms with Crippen molar-refractivity contribution >= 4 is 22.5 Å². The van der Waals surface area contributed by atoms with E-state index in [1.807, 2.05) is 4.90 Å². The molecule has 0 amide bonds. The normalized spacial score (nSPS) is 14.0. The van der Waals surface area contributed by atoms with Crippen LogP contribution in [0.5, 0.6) is 11.8 Å². The summed E-state index contributed by atoms with van der Waals surface area (Å²) >= 11 is 0. The summed E-state index contributed by atoms with van der Waals surface area (Å²) in [5.74, 6) is 0.302. The second-order valence-electron chi connectivity index (χ2n) is 7.10. The summed E-state index contributed by atoms with van der Waals surface area (Å²) in [5.41, 5.74) is 7.81. The molecule has 3 aromatic rings. The van der Waals surface area contributed by atoms with E-state index >= 15 is 0 Å². The topological polar surface area (TPSA) is 136 Å². The molecule has 166 valence electrons. The predicted molar refractivity (Wildman–Crippen MR) is 117 cm³/mol. The van der Waals surface area contributed by atoms with E-state index in [1.54, 1.807) is 25.1 Å². The van der Waals surface area contributed by atoms with E-state index in [-0.39, 0.29) is 23.5 Å². The molecule has 1 saturated heterocycles. The van der Waals surface area contributed by atoms with E-state index in [2.05, 4.69) is 24.7 Å². The number of aromatic nitrogens is 4. The third kappa shape index (κ3) is 4.75. The number of benzene rings is 1. The van der Waals surface area contributed by atoms with Crippen molar-refractivity contribution in [1.82, 2.24) is 24.7 Å². The van der Waals surface area contributed by atoms with Crippen molar-refractivity contribution in [2.45, 2.75) is 6.92 Å². The number of hydrogen-bond acceptors (Lipinski definition) is 9. The molecule has 4 rings (SSSR count). The molecule has 32 heavy (non-hydrogen) atoms. The summed E-state index contributed by atoms with van der Waals surface area (Å²) in [6, 6.07) is 6.21. The van der Waals surface area contributed by atoms with E-state index in [9.17, 15) is 12.8 Å². The fraction of sp³-hybridized carbons (Fsp3) is 0.200. The molecule has 0 unspecified atom stereocenters. The molecule has 0 aliphatic carbocycles. The maximum atomic E-state index is 14.8. The molecule has 0 saturated carbocycles. The molecule has 1 aliphatic rings. The van der Waals surface area contributed by atoms with Gasteiger partial charge in [0.2, 0.25) is 10.9 Å². The van der Waals surface area contributed by atoms with Gasteiger partial charge in [0.25, 0.3) is 0 Å². The van der Waals surface area contributed by atoms with Gasteiger partial charge < -0.3 is 15.4 Å². The van der Waals surface area contributed by atoms with Gasteiger partial charge in [0.1, 0.15) is 18.0 Å².